The summed E-state index contributed by atoms with van der Waals surface area (Å²) in [5, 5.41) is 20.5. The summed E-state index contributed by atoms with van der Waals surface area (Å²) in [6, 6.07) is 14.6. The van der Waals surface area contributed by atoms with Gasteiger partial charge in [0.25, 0.3) is 10.0 Å². The number of phenolic OH excluding ortho intramolecular Hbond substituents is 1. The summed E-state index contributed by atoms with van der Waals surface area (Å²) >= 11 is 0.920. The van der Waals surface area contributed by atoms with Gasteiger partial charge in [-0.05, 0) is 30.5 Å². The van der Waals surface area contributed by atoms with Crippen LogP contribution >= 0.6 is 11.8 Å². The predicted molar refractivity (Wildman–Crippen MR) is 124 cm³/mol. The number of ether oxygens (including phenoxy) is 1. The zero-order chi connectivity index (χ0) is 22.7. The number of benzene rings is 3. The molecule has 0 bridgehead atoms. The summed E-state index contributed by atoms with van der Waals surface area (Å²) in [5.41, 5.74) is 0.256. The van der Waals surface area contributed by atoms with E-state index >= 15 is 0 Å². The summed E-state index contributed by atoms with van der Waals surface area (Å²) in [5.74, 6) is -0.177. The Kier molecular flexibility index (Phi) is 6.48. The van der Waals surface area contributed by atoms with Gasteiger partial charge >= 0.3 is 5.97 Å². The Morgan fingerprint density at radius 1 is 1.09 bits per heavy atom. The first-order valence-electron chi connectivity index (χ1n) is 10.2. The van der Waals surface area contributed by atoms with E-state index in [9.17, 15) is 18.3 Å². The van der Waals surface area contributed by atoms with Crippen molar-refractivity contribution < 1.29 is 28.2 Å². The van der Waals surface area contributed by atoms with Gasteiger partial charge in [-0.2, -0.15) is 0 Å². The number of sulfonamides is 1. The minimum Gasteiger partial charge on any atom is -0.506 e. The fraction of sp³-hybridized carbons (Fsp3) is 0.261. The number of hydrogen-bond donors (Lipinski definition) is 3. The Hall–Kier alpha value is -2.91. The number of aromatic hydroxyl groups is 1. The van der Waals surface area contributed by atoms with Gasteiger partial charge in [0.1, 0.15) is 11.5 Å². The molecule has 1 aliphatic carbocycles. The van der Waals surface area contributed by atoms with Crippen LogP contribution in [0, 0.1) is 5.92 Å². The van der Waals surface area contributed by atoms with Crippen LogP contribution < -0.4 is 9.46 Å². The zero-order valence-corrected chi connectivity index (χ0v) is 18.8. The predicted octanol–water partition coefficient (Wildman–Crippen LogP) is 4.70. The quantitative estimate of drug-likeness (QED) is 0.289. The molecule has 4 rings (SSSR count). The lowest BCUT2D eigenvalue weighted by molar-refractivity contribution is -0.133. The number of fused-ring (bicyclic) bond motifs is 1. The number of hydrogen-bond acceptors (Lipinski definition) is 6. The molecule has 9 heteroatoms. The zero-order valence-electron chi connectivity index (χ0n) is 17.2. The fourth-order valence-electron chi connectivity index (χ4n) is 3.35. The summed E-state index contributed by atoms with van der Waals surface area (Å²) < 4.78 is 34.6. The van der Waals surface area contributed by atoms with Crippen molar-refractivity contribution in [3.63, 3.8) is 0 Å². The Balaban J connectivity index is 1.62. The number of rotatable bonds is 10. The highest BCUT2D eigenvalue weighted by Gasteiger charge is 2.22. The van der Waals surface area contributed by atoms with Crippen molar-refractivity contribution in [3.05, 3.63) is 54.6 Å². The largest absolute Gasteiger partial charge is 0.506 e. The minimum absolute atomic E-state index is 0.0540. The highest BCUT2D eigenvalue weighted by molar-refractivity contribution is 8.00. The van der Waals surface area contributed by atoms with E-state index in [0.29, 0.717) is 23.1 Å². The molecule has 0 aliphatic heterocycles. The van der Waals surface area contributed by atoms with Crippen LogP contribution in [-0.4, -0.2) is 37.0 Å². The first kappa shape index (κ1) is 22.3. The normalized spacial score (nSPS) is 13.8. The van der Waals surface area contributed by atoms with E-state index in [1.54, 1.807) is 36.4 Å². The lowest BCUT2D eigenvalue weighted by atomic mass is 10.1. The summed E-state index contributed by atoms with van der Waals surface area (Å²) in [7, 11) is -3.95. The molecule has 1 saturated carbocycles. The second-order valence-electron chi connectivity index (χ2n) is 7.66. The molecule has 7 nitrogen and oxygen atoms in total. The highest BCUT2D eigenvalue weighted by atomic mass is 32.2. The number of aliphatic carboxylic acids is 1. The Morgan fingerprint density at radius 3 is 2.56 bits per heavy atom. The maximum Gasteiger partial charge on any atom is 0.313 e. The third-order valence-electron chi connectivity index (χ3n) is 5.18. The first-order chi connectivity index (χ1) is 15.3. The maximum absolute atomic E-state index is 13.1. The molecule has 32 heavy (non-hydrogen) atoms. The van der Waals surface area contributed by atoms with Gasteiger partial charge in [0.15, 0.2) is 0 Å². The molecule has 0 atom stereocenters. The summed E-state index contributed by atoms with van der Waals surface area (Å²) in [4.78, 5) is 11.3. The van der Waals surface area contributed by atoms with Gasteiger partial charge in [-0.3, -0.25) is 9.52 Å². The van der Waals surface area contributed by atoms with E-state index in [4.69, 9.17) is 9.84 Å². The molecule has 0 saturated heterocycles. The molecule has 0 aromatic heterocycles. The molecule has 3 aromatic rings. The van der Waals surface area contributed by atoms with E-state index < -0.39 is 16.0 Å². The topological polar surface area (TPSA) is 113 Å². The van der Waals surface area contributed by atoms with Crippen molar-refractivity contribution >= 4 is 44.2 Å². The van der Waals surface area contributed by atoms with Gasteiger partial charge in [-0.15, -0.1) is 11.8 Å². The van der Waals surface area contributed by atoms with E-state index in [2.05, 4.69) is 4.72 Å². The van der Waals surface area contributed by atoms with Crippen molar-refractivity contribution in [1.82, 2.24) is 0 Å². The van der Waals surface area contributed by atoms with E-state index in [0.717, 1.165) is 24.1 Å². The lowest BCUT2D eigenvalue weighted by Crippen LogP contribution is -2.13. The molecule has 3 aromatic carbocycles. The van der Waals surface area contributed by atoms with Gasteiger partial charge in [0, 0.05) is 16.8 Å². The van der Waals surface area contributed by atoms with Crippen molar-refractivity contribution in [2.24, 2.45) is 5.92 Å². The fourth-order valence-corrected chi connectivity index (χ4v) is 5.19. The molecule has 0 spiro atoms. The average Bonchev–Trinajstić information content (AvgIpc) is 3.59. The van der Waals surface area contributed by atoms with Gasteiger partial charge in [0.2, 0.25) is 0 Å². The van der Waals surface area contributed by atoms with Gasteiger partial charge in [-0.25, -0.2) is 8.42 Å². The first-order valence-corrected chi connectivity index (χ1v) is 12.7. The molecule has 1 fully saturated rings. The summed E-state index contributed by atoms with van der Waals surface area (Å²) in [6.45, 7) is 0.550. The molecule has 0 unspecified atom stereocenters. The molecule has 168 valence electrons. The lowest BCUT2D eigenvalue weighted by Gasteiger charge is -2.15. The molecule has 0 heterocycles. The van der Waals surface area contributed by atoms with E-state index in [1.165, 1.54) is 31.0 Å². The SMILES string of the molecule is O=C(O)CSc1cc(NS(=O)(=O)c2cccc(OCCC3CC3)c2)c2ccccc2c1O. The number of carboxylic acid groups (broad SMARTS) is 1. The molecular weight excluding hydrogens is 450 g/mol. The smallest absolute Gasteiger partial charge is 0.313 e. The number of anilines is 1. The molecule has 0 radical (unpaired) electrons. The number of carbonyl (C=O) groups is 1. The Morgan fingerprint density at radius 2 is 1.84 bits per heavy atom. The van der Waals surface area contributed by atoms with Crippen LogP contribution in [0.2, 0.25) is 0 Å². The van der Waals surface area contributed by atoms with Crippen molar-refractivity contribution in [3.8, 4) is 11.5 Å². The van der Waals surface area contributed by atoms with Crippen LogP contribution in [-0.2, 0) is 14.8 Å². The van der Waals surface area contributed by atoms with Crippen LogP contribution in [0.25, 0.3) is 10.8 Å². The number of carboxylic acids is 1. The second kappa shape index (κ2) is 9.30. The van der Waals surface area contributed by atoms with Crippen LogP contribution in [0.1, 0.15) is 19.3 Å². The van der Waals surface area contributed by atoms with Crippen molar-refractivity contribution in [1.29, 1.82) is 0 Å². The van der Waals surface area contributed by atoms with E-state index in [1.807, 2.05) is 0 Å². The summed E-state index contributed by atoms with van der Waals surface area (Å²) in [6.07, 6.45) is 3.43. The maximum atomic E-state index is 13.1. The number of thioether (sulfide) groups is 1. The third kappa shape index (κ3) is 5.28. The minimum atomic E-state index is -3.95. The number of nitrogens with one attached hydrogen (secondary N) is 1. The van der Waals surface area contributed by atoms with Crippen molar-refractivity contribution in [2.75, 3.05) is 17.1 Å². The molecule has 0 amide bonds. The Bertz CT molecular complexity index is 1250. The highest BCUT2D eigenvalue weighted by Crippen LogP contribution is 2.40. The van der Waals surface area contributed by atoms with Crippen LogP contribution in [0.3, 0.4) is 0 Å². The van der Waals surface area contributed by atoms with Gasteiger partial charge in [-0.1, -0.05) is 43.2 Å². The van der Waals surface area contributed by atoms with Gasteiger partial charge < -0.3 is 14.9 Å². The third-order valence-corrected chi connectivity index (χ3v) is 7.56. The standard InChI is InChI=1S/C23H23NO6S2/c25-22(26)14-31-21-13-20(18-6-1-2-7-19(18)23(21)27)24-32(28,29)17-5-3-4-16(12-17)30-11-10-15-8-9-15/h1-7,12-13,15,24,27H,8-11,14H2,(H,25,26). The molecule has 1 aliphatic rings. The van der Waals surface area contributed by atoms with Crippen LogP contribution in [0.15, 0.2) is 64.4 Å². The average molecular weight is 474 g/mol. The molecule has 3 N–H and O–H groups in total. The van der Waals surface area contributed by atoms with Crippen molar-refractivity contribution in [2.45, 2.75) is 29.1 Å². The van der Waals surface area contributed by atoms with E-state index in [-0.39, 0.29) is 27.0 Å². The molecular formula is C23H23NO6S2. The Labute approximate surface area is 190 Å². The van der Waals surface area contributed by atoms with Crippen LogP contribution in [0.4, 0.5) is 5.69 Å². The van der Waals surface area contributed by atoms with Gasteiger partial charge in [0.05, 0.1) is 27.8 Å². The monoisotopic (exact) mass is 473 g/mol. The van der Waals surface area contributed by atoms with Crippen LogP contribution in [0.5, 0.6) is 11.5 Å². The number of phenols is 1. The second-order valence-corrected chi connectivity index (χ2v) is 10.4.